The van der Waals surface area contributed by atoms with Crippen molar-refractivity contribution in [2.24, 2.45) is 28.6 Å². The Balaban J connectivity index is 0.843. The fraction of sp³-hybridized carbons (Fsp3) is 0.804. The summed E-state index contributed by atoms with van der Waals surface area (Å²) in [6.07, 6.45) is -23.1. The Bertz CT molecular complexity index is 2340. The highest BCUT2D eigenvalue weighted by atomic mass is 16.8. The van der Waals surface area contributed by atoms with Gasteiger partial charge in [0.2, 0.25) is 0 Å². The molecule has 9 N–H and O–H groups in total. The number of esters is 2. The zero-order chi connectivity index (χ0) is 57.9. The van der Waals surface area contributed by atoms with Crippen molar-refractivity contribution in [2.75, 3.05) is 27.4 Å². The van der Waals surface area contributed by atoms with Crippen LogP contribution in [0, 0.1) is 28.6 Å². The van der Waals surface area contributed by atoms with Gasteiger partial charge in [0.25, 0.3) is 0 Å². The number of Topliss-reactive ketones (excluding diaryl/α,β-unsaturated/α-hetero) is 1. The van der Waals surface area contributed by atoms with Gasteiger partial charge in [-0.1, -0.05) is 43.7 Å². The lowest BCUT2D eigenvalue weighted by atomic mass is 9.44. The first-order valence-corrected chi connectivity index (χ1v) is 27.9. The predicted molar refractivity (Wildman–Crippen MR) is 271 cm³/mol. The Morgan fingerprint density at radius 2 is 1.29 bits per heavy atom. The lowest BCUT2D eigenvalue weighted by Gasteiger charge is -2.64. The molecule has 9 rings (SSSR count). The van der Waals surface area contributed by atoms with Crippen LogP contribution in [0.3, 0.4) is 0 Å². The van der Waals surface area contributed by atoms with Crippen LogP contribution in [0.2, 0.25) is 0 Å². The van der Waals surface area contributed by atoms with E-state index < -0.39 is 188 Å². The summed E-state index contributed by atoms with van der Waals surface area (Å²) >= 11 is 0. The highest BCUT2D eigenvalue weighted by Crippen LogP contribution is 2.69. The molecule has 4 aliphatic carbocycles. The molecule has 7 fully saturated rings. The Kier molecular flexibility index (Phi) is 18.7. The highest BCUT2D eigenvalue weighted by molar-refractivity contribution is 5.89. The number of aliphatic hydroxyl groups excluding tert-OH is 8. The number of ether oxygens (including phenoxy) is 12. The molecule has 1 aromatic carbocycles. The molecule has 0 bridgehead atoms. The van der Waals surface area contributed by atoms with E-state index in [1.807, 2.05) is 6.92 Å². The minimum Gasteiger partial charge on any atom is -0.458 e. The standard InChI is InChI=1S/C56H82O24/c1-24(59)31-17-19-56(68)32-15-14-29-20-30(16-18-54(29,5)37(32)47(73-27(4)60)49(55(31,56)6)80-50(67)28-12-10-9-11-13-28)74-36-21-33(69-7)44(25(2)71-36)77-53-43(66)48(70-8)45(26(3)72-53)78-52-42(65)40(63)46(35(23-58)76-52)79-51-41(64)39(62)38(61)34(22-57)75-51/h9-14,25-26,30-49,51-53,57-58,61-66,68H,15-23H2,1-8H3/t25?,26?,30-,31+,32+,33+,34?,35?,36-,37+,38+,39-,40+,41?,42?,43?,44+,45+,46+,47-,48+,49+,51-,52-,53-,54-,55-,56-/m0/s1. The van der Waals surface area contributed by atoms with Gasteiger partial charge in [-0.3, -0.25) is 9.59 Å². The van der Waals surface area contributed by atoms with Gasteiger partial charge in [0.1, 0.15) is 91.2 Å². The van der Waals surface area contributed by atoms with Gasteiger partial charge in [-0.05, 0) is 82.8 Å². The summed E-state index contributed by atoms with van der Waals surface area (Å²) in [6, 6.07) is 8.48. The van der Waals surface area contributed by atoms with Crippen molar-refractivity contribution < 1.29 is 117 Å². The van der Waals surface area contributed by atoms with Crippen LogP contribution >= 0.6 is 0 Å². The van der Waals surface area contributed by atoms with Crippen molar-refractivity contribution in [1.82, 2.24) is 0 Å². The molecule has 28 atom stereocenters. The summed E-state index contributed by atoms with van der Waals surface area (Å²) in [5, 5.41) is 98.2. The molecular formula is C56H82O24. The van der Waals surface area contributed by atoms with Crippen LogP contribution in [-0.2, 0) is 66.4 Å². The molecule has 0 aromatic heterocycles. The first-order valence-electron chi connectivity index (χ1n) is 27.9. The van der Waals surface area contributed by atoms with Crippen molar-refractivity contribution in [3.8, 4) is 0 Å². The Morgan fingerprint density at radius 1 is 0.662 bits per heavy atom. The van der Waals surface area contributed by atoms with Crippen molar-refractivity contribution in [3.05, 3.63) is 47.5 Å². The number of methoxy groups -OCH3 is 2. The molecule has 4 aliphatic heterocycles. The number of hydrogen-bond acceptors (Lipinski definition) is 24. The van der Waals surface area contributed by atoms with Crippen molar-refractivity contribution in [3.63, 3.8) is 0 Å². The average molecular weight is 1140 g/mol. The van der Waals surface area contributed by atoms with Gasteiger partial charge in [0.15, 0.2) is 25.2 Å². The summed E-state index contributed by atoms with van der Waals surface area (Å²) < 4.78 is 73.3. The second kappa shape index (κ2) is 24.4. The highest BCUT2D eigenvalue weighted by Gasteiger charge is 2.75. The van der Waals surface area contributed by atoms with E-state index in [1.54, 1.807) is 44.2 Å². The summed E-state index contributed by atoms with van der Waals surface area (Å²) in [5.41, 5.74) is -2.03. The monoisotopic (exact) mass is 1140 g/mol. The molecule has 24 nitrogen and oxygen atoms in total. The minimum absolute atomic E-state index is 0.137. The molecule has 450 valence electrons. The van der Waals surface area contributed by atoms with Gasteiger partial charge in [-0.25, -0.2) is 4.79 Å². The van der Waals surface area contributed by atoms with E-state index in [0.29, 0.717) is 38.5 Å². The number of aliphatic hydroxyl groups is 9. The van der Waals surface area contributed by atoms with E-state index in [9.17, 15) is 60.3 Å². The van der Waals surface area contributed by atoms with E-state index in [1.165, 1.54) is 28.1 Å². The second-order valence-corrected chi connectivity index (χ2v) is 23.6. The largest absolute Gasteiger partial charge is 0.458 e. The molecule has 7 unspecified atom stereocenters. The molecule has 24 heteroatoms. The Morgan fingerprint density at radius 3 is 1.93 bits per heavy atom. The quantitative estimate of drug-likeness (QED) is 0.0758. The summed E-state index contributed by atoms with van der Waals surface area (Å²) in [7, 11) is 2.84. The molecule has 0 spiro atoms. The molecule has 4 saturated heterocycles. The van der Waals surface area contributed by atoms with Gasteiger partial charge < -0.3 is 103 Å². The van der Waals surface area contributed by atoms with Crippen LogP contribution in [0.5, 0.6) is 0 Å². The zero-order valence-corrected chi connectivity index (χ0v) is 46.4. The van der Waals surface area contributed by atoms with Crippen LogP contribution in [0.25, 0.3) is 0 Å². The molecule has 80 heavy (non-hydrogen) atoms. The van der Waals surface area contributed by atoms with Crippen LogP contribution < -0.4 is 0 Å². The lowest BCUT2D eigenvalue weighted by molar-refractivity contribution is -0.384. The number of carbonyl (C=O) groups is 3. The third-order valence-corrected chi connectivity index (χ3v) is 19.2. The molecule has 8 aliphatic rings. The molecule has 0 amide bonds. The zero-order valence-electron chi connectivity index (χ0n) is 46.4. The topological polar surface area (TPSA) is 344 Å². The van der Waals surface area contributed by atoms with Crippen molar-refractivity contribution >= 4 is 17.7 Å². The minimum atomic E-state index is -1.87. The number of hydrogen-bond donors (Lipinski definition) is 9. The maximum absolute atomic E-state index is 14.0. The molecular weight excluding hydrogens is 1060 g/mol. The van der Waals surface area contributed by atoms with E-state index in [2.05, 4.69) is 13.0 Å². The van der Waals surface area contributed by atoms with Gasteiger partial charge >= 0.3 is 11.9 Å². The third kappa shape index (κ3) is 11.0. The number of ketones is 1. The number of allylic oxidation sites excluding steroid dienone is 1. The number of fused-ring (bicyclic) bond motifs is 5. The first-order chi connectivity index (χ1) is 37.9. The van der Waals surface area contributed by atoms with Crippen molar-refractivity contribution in [2.45, 2.75) is 227 Å². The molecule has 4 heterocycles. The lowest BCUT2D eigenvalue weighted by Crippen LogP contribution is -2.72. The van der Waals surface area contributed by atoms with E-state index in [0.717, 1.165) is 5.57 Å². The van der Waals surface area contributed by atoms with E-state index in [-0.39, 0.29) is 23.9 Å². The number of benzene rings is 1. The molecule has 0 radical (unpaired) electrons. The summed E-state index contributed by atoms with van der Waals surface area (Å²) in [5.74, 6) is -2.94. The smallest absolute Gasteiger partial charge is 0.338 e. The van der Waals surface area contributed by atoms with Gasteiger partial charge in [-0.15, -0.1) is 0 Å². The normalized spacial score (nSPS) is 48.4. The van der Waals surface area contributed by atoms with Gasteiger partial charge in [0, 0.05) is 44.8 Å². The second-order valence-electron chi connectivity index (χ2n) is 23.6. The van der Waals surface area contributed by atoms with Crippen LogP contribution in [-0.4, -0.2) is 232 Å². The Labute approximate surface area is 464 Å². The molecule has 3 saturated carbocycles. The number of carbonyl (C=O) groups excluding carboxylic acids is 3. The van der Waals surface area contributed by atoms with E-state index >= 15 is 0 Å². The first kappa shape index (κ1) is 61.4. The maximum atomic E-state index is 14.0. The van der Waals surface area contributed by atoms with Crippen LogP contribution in [0.4, 0.5) is 0 Å². The third-order valence-electron chi connectivity index (χ3n) is 19.2. The predicted octanol–water partition coefficient (Wildman–Crippen LogP) is -0.303. The van der Waals surface area contributed by atoms with Crippen LogP contribution in [0.1, 0.15) is 96.8 Å². The van der Waals surface area contributed by atoms with Gasteiger partial charge in [0.05, 0.1) is 48.8 Å². The van der Waals surface area contributed by atoms with Gasteiger partial charge in [-0.2, -0.15) is 0 Å². The maximum Gasteiger partial charge on any atom is 0.338 e. The summed E-state index contributed by atoms with van der Waals surface area (Å²) in [4.78, 5) is 40.6. The fourth-order valence-corrected chi connectivity index (χ4v) is 14.9. The molecule has 1 aromatic rings. The van der Waals surface area contributed by atoms with E-state index in [4.69, 9.17) is 56.8 Å². The number of rotatable bonds is 16. The Hall–Kier alpha value is -3.19. The fourth-order valence-electron chi connectivity index (χ4n) is 14.9. The average Bonchev–Trinajstić information content (AvgIpc) is 3.81. The SMILES string of the molecule is CO[C@@H]1C(O)[C@H](O[C@@H]2C(C)O[C@@H](O[C@H]3CC[C@@]4(C)C(=CC[C@@H]5[C@@H]4[C@H](OC(C)=O)[C@@H](OC(=O)c4ccccc4)[C@]4(C)[C@@H](C(C)=O)CC[C@]54O)C3)C[C@H]2OC)OC(C)[C@H]1O[C@@H]1OC(CO)[C@@H](O[C@@H]2OC(CO)[C@@H](O)[C@H](O)C2O)[C@H](O)C1O. The van der Waals surface area contributed by atoms with Crippen molar-refractivity contribution in [1.29, 1.82) is 0 Å². The summed E-state index contributed by atoms with van der Waals surface area (Å²) in [6.45, 7) is 8.58. The van der Waals surface area contributed by atoms with Crippen LogP contribution in [0.15, 0.2) is 42.0 Å².